The average molecular weight is 178 g/mol. The molecule has 2 bridgehead atoms. The van der Waals surface area contributed by atoms with Gasteiger partial charge in [0, 0.05) is 18.0 Å². The van der Waals surface area contributed by atoms with Crippen LogP contribution in [0.5, 0.6) is 0 Å². The van der Waals surface area contributed by atoms with Gasteiger partial charge in [-0.05, 0) is 38.6 Å². The molecule has 2 unspecified atom stereocenters. The molecule has 13 heavy (non-hydrogen) atoms. The van der Waals surface area contributed by atoms with Gasteiger partial charge in [-0.2, -0.15) is 5.26 Å². The van der Waals surface area contributed by atoms with Crippen molar-refractivity contribution in [2.75, 3.05) is 6.54 Å². The number of piperidine rings is 1. The van der Waals surface area contributed by atoms with E-state index in [1.54, 1.807) is 0 Å². The van der Waals surface area contributed by atoms with Crippen molar-refractivity contribution in [1.82, 2.24) is 4.90 Å². The lowest BCUT2D eigenvalue weighted by atomic mass is 9.92. The Balaban J connectivity index is 2.01. The molecule has 2 heteroatoms. The zero-order chi connectivity index (χ0) is 9.26. The third-order valence-corrected chi connectivity index (χ3v) is 3.55. The molecule has 0 N–H and O–H groups in total. The van der Waals surface area contributed by atoms with Gasteiger partial charge in [0.05, 0.1) is 6.07 Å². The van der Waals surface area contributed by atoms with E-state index in [0.29, 0.717) is 5.92 Å². The molecule has 2 nitrogen and oxygen atoms in total. The smallest absolute Gasteiger partial charge is 0.0657 e. The summed E-state index contributed by atoms with van der Waals surface area (Å²) in [6.07, 6.45) is 6.19. The van der Waals surface area contributed by atoms with Gasteiger partial charge in [-0.25, -0.2) is 0 Å². The van der Waals surface area contributed by atoms with E-state index in [1.165, 1.54) is 25.8 Å². The van der Waals surface area contributed by atoms with Crippen molar-refractivity contribution in [2.24, 2.45) is 5.92 Å². The second-order valence-corrected chi connectivity index (χ2v) is 4.42. The summed E-state index contributed by atoms with van der Waals surface area (Å²) in [5.41, 5.74) is 0. The Hall–Kier alpha value is -0.550. The van der Waals surface area contributed by atoms with Gasteiger partial charge >= 0.3 is 0 Å². The molecule has 0 aromatic carbocycles. The first-order chi connectivity index (χ1) is 6.35. The van der Waals surface area contributed by atoms with Gasteiger partial charge in [0.1, 0.15) is 0 Å². The lowest BCUT2D eigenvalue weighted by Gasteiger charge is -2.36. The van der Waals surface area contributed by atoms with Crippen molar-refractivity contribution >= 4 is 0 Å². The van der Waals surface area contributed by atoms with Crippen molar-refractivity contribution in [2.45, 2.75) is 51.1 Å². The maximum atomic E-state index is 8.90. The molecule has 0 saturated carbocycles. The third kappa shape index (κ3) is 1.58. The monoisotopic (exact) mass is 178 g/mol. The average Bonchev–Trinajstić information content (AvgIpc) is 2.39. The van der Waals surface area contributed by atoms with Crippen molar-refractivity contribution in [1.29, 1.82) is 5.26 Å². The van der Waals surface area contributed by atoms with Gasteiger partial charge < -0.3 is 0 Å². The molecular weight excluding hydrogens is 160 g/mol. The third-order valence-electron chi connectivity index (χ3n) is 3.55. The van der Waals surface area contributed by atoms with Gasteiger partial charge in [-0.1, -0.05) is 6.92 Å². The summed E-state index contributed by atoms with van der Waals surface area (Å²) in [4.78, 5) is 2.65. The van der Waals surface area contributed by atoms with Crippen molar-refractivity contribution in [3.63, 3.8) is 0 Å². The molecular formula is C11H18N2. The predicted octanol–water partition coefficient (Wildman–Crippen LogP) is 2.16. The number of fused-ring (bicyclic) bond motifs is 2. The number of nitriles is 1. The largest absolute Gasteiger partial charge is 0.297 e. The number of hydrogen-bond acceptors (Lipinski definition) is 2. The van der Waals surface area contributed by atoms with Crippen LogP contribution in [0.15, 0.2) is 0 Å². The molecule has 0 radical (unpaired) electrons. The summed E-state index contributed by atoms with van der Waals surface area (Å²) in [5, 5.41) is 8.90. The number of hydrogen-bond donors (Lipinski definition) is 0. The van der Waals surface area contributed by atoms with Crippen LogP contribution in [0.1, 0.15) is 39.0 Å². The summed E-state index contributed by atoms with van der Waals surface area (Å²) < 4.78 is 0. The van der Waals surface area contributed by atoms with Crippen LogP contribution >= 0.6 is 0 Å². The summed E-state index contributed by atoms with van der Waals surface area (Å²) in [5.74, 6) is 0.352. The van der Waals surface area contributed by atoms with Crippen LogP contribution in [-0.2, 0) is 0 Å². The highest BCUT2D eigenvalue weighted by atomic mass is 15.2. The van der Waals surface area contributed by atoms with Crippen molar-refractivity contribution < 1.29 is 0 Å². The minimum Gasteiger partial charge on any atom is -0.297 e. The molecule has 72 valence electrons. The maximum Gasteiger partial charge on any atom is 0.0657 e. The zero-order valence-corrected chi connectivity index (χ0v) is 8.37. The quantitative estimate of drug-likeness (QED) is 0.648. The molecule has 2 rings (SSSR count). The van der Waals surface area contributed by atoms with Crippen LogP contribution in [0.3, 0.4) is 0 Å². The number of rotatable bonds is 2. The van der Waals surface area contributed by atoms with Gasteiger partial charge in [0.25, 0.3) is 0 Å². The zero-order valence-electron chi connectivity index (χ0n) is 8.37. The molecule has 2 fully saturated rings. The summed E-state index contributed by atoms with van der Waals surface area (Å²) in [6.45, 7) is 3.49. The second-order valence-electron chi connectivity index (χ2n) is 4.42. The van der Waals surface area contributed by atoms with Crippen molar-refractivity contribution in [3.05, 3.63) is 0 Å². The van der Waals surface area contributed by atoms with Gasteiger partial charge in [-0.3, -0.25) is 4.90 Å². The SMILES string of the molecule is CCCN1C2CCC1CC(C#N)C2. The minimum atomic E-state index is 0.352. The van der Waals surface area contributed by atoms with E-state index in [9.17, 15) is 0 Å². The molecule has 0 spiro atoms. The molecule has 0 aromatic heterocycles. The fourth-order valence-electron chi connectivity index (χ4n) is 3.00. The van der Waals surface area contributed by atoms with Gasteiger partial charge in [0.2, 0.25) is 0 Å². The fraction of sp³-hybridized carbons (Fsp3) is 0.909. The van der Waals surface area contributed by atoms with E-state index in [4.69, 9.17) is 5.26 Å². The Bertz CT molecular complexity index is 205. The molecule has 0 amide bonds. The first-order valence-corrected chi connectivity index (χ1v) is 5.50. The summed E-state index contributed by atoms with van der Waals surface area (Å²) in [7, 11) is 0. The first kappa shape index (κ1) is 9.02. The lowest BCUT2D eigenvalue weighted by molar-refractivity contribution is 0.121. The molecule has 2 aliphatic rings. The molecule has 2 aliphatic heterocycles. The van der Waals surface area contributed by atoms with E-state index in [-0.39, 0.29) is 0 Å². The normalized spacial score (nSPS) is 38.9. The highest BCUT2D eigenvalue weighted by molar-refractivity contribution is 5.00. The Labute approximate surface area is 80.5 Å². The van der Waals surface area contributed by atoms with E-state index in [1.807, 2.05) is 0 Å². The molecule has 0 aromatic rings. The van der Waals surface area contributed by atoms with Gasteiger partial charge in [0.15, 0.2) is 0 Å². The van der Waals surface area contributed by atoms with Crippen LogP contribution in [0, 0.1) is 17.2 Å². The van der Waals surface area contributed by atoms with Crippen LogP contribution in [0.4, 0.5) is 0 Å². The molecule has 2 atom stereocenters. The Morgan fingerprint density at radius 1 is 1.31 bits per heavy atom. The molecule has 2 saturated heterocycles. The topological polar surface area (TPSA) is 27.0 Å². The van der Waals surface area contributed by atoms with E-state index in [2.05, 4.69) is 17.9 Å². The van der Waals surface area contributed by atoms with Crippen LogP contribution in [0.25, 0.3) is 0 Å². The van der Waals surface area contributed by atoms with E-state index in [0.717, 1.165) is 24.9 Å². The van der Waals surface area contributed by atoms with E-state index < -0.39 is 0 Å². The summed E-state index contributed by atoms with van der Waals surface area (Å²) >= 11 is 0. The maximum absolute atomic E-state index is 8.90. The highest BCUT2D eigenvalue weighted by Gasteiger charge is 2.39. The van der Waals surface area contributed by atoms with Crippen LogP contribution in [0.2, 0.25) is 0 Å². The van der Waals surface area contributed by atoms with Gasteiger partial charge in [-0.15, -0.1) is 0 Å². The Kier molecular flexibility index (Phi) is 2.55. The molecule has 0 aliphatic carbocycles. The first-order valence-electron chi connectivity index (χ1n) is 5.50. The molecule has 2 heterocycles. The number of nitrogens with zero attached hydrogens (tertiary/aromatic N) is 2. The minimum absolute atomic E-state index is 0.352. The van der Waals surface area contributed by atoms with Crippen LogP contribution < -0.4 is 0 Å². The highest BCUT2D eigenvalue weighted by Crippen LogP contribution is 2.38. The van der Waals surface area contributed by atoms with E-state index >= 15 is 0 Å². The van der Waals surface area contributed by atoms with Crippen molar-refractivity contribution in [3.8, 4) is 6.07 Å². The summed E-state index contributed by atoms with van der Waals surface area (Å²) in [6, 6.07) is 3.92. The fourth-order valence-corrected chi connectivity index (χ4v) is 3.00. The Morgan fingerprint density at radius 3 is 2.38 bits per heavy atom. The predicted molar refractivity (Wildman–Crippen MR) is 52.1 cm³/mol. The second kappa shape index (κ2) is 3.67. The van der Waals surface area contributed by atoms with Crippen LogP contribution in [-0.4, -0.2) is 23.5 Å². The Morgan fingerprint density at radius 2 is 1.92 bits per heavy atom. The standard InChI is InChI=1S/C11H18N2/c1-2-5-13-10-3-4-11(13)7-9(6-10)8-12/h9-11H,2-7H2,1H3. The lowest BCUT2D eigenvalue weighted by Crippen LogP contribution is -2.42.